The number of rotatable bonds is 2. The number of hydrogen-bond acceptors (Lipinski definition) is 1. The summed E-state index contributed by atoms with van der Waals surface area (Å²) in [5, 5.41) is 3.16. The molecule has 1 amide bonds. The van der Waals surface area contributed by atoms with E-state index in [1.54, 1.807) is 0 Å². The van der Waals surface area contributed by atoms with E-state index in [4.69, 9.17) is 0 Å². The number of hydrogen-bond donors (Lipinski definition) is 1. The van der Waals surface area contributed by atoms with Crippen molar-refractivity contribution in [2.45, 2.75) is 6.04 Å². The number of carbonyl (C=O) groups excluding carboxylic acids is 1. The maximum atomic E-state index is 14.5. The summed E-state index contributed by atoms with van der Waals surface area (Å²) in [5.41, 5.74) is 7.17. The first-order chi connectivity index (χ1) is 17.3. The predicted molar refractivity (Wildman–Crippen MR) is 143 cm³/mol. The Kier molecular flexibility index (Phi) is 4.36. The first-order valence-corrected chi connectivity index (χ1v) is 11.9. The Morgan fingerprint density at radius 2 is 1.31 bits per heavy atom. The molecular formula is C32H22N2O. The van der Waals surface area contributed by atoms with Gasteiger partial charge in [0.2, 0.25) is 0 Å². The van der Waals surface area contributed by atoms with Crippen LogP contribution in [-0.2, 0) is 0 Å². The lowest BCUT2D eigenvalue weighted by molar-refractivity contribution is 0.0981. The highest BCUT2D eigenvalue weighted by atomic mass is 16.2. The van der Waals surface area contributed by atoms with E-state index in [1.165, 1.54) is 5.56 Å². The maximum absolute atomic E-state index is 14.5. The second kappa shape index (κ2) is 7.71. The third-order valence-electron chi connectivity index (χ3n) is 7.12. The minimum Gasteiger partial charge on any atom is -0.361 e. The van der Waals surface area contributed by atoms with Crippen molar-refractivity contribution in [1.82, 2.24) is 4.98 Å². The van der Waals surface area contributed by atoms with Gasteiger partial charge in [0.25, 0.3) is 5.91 Å². The molecule has 6 aromatic rings. The summed E-state index contributed by atoms with van der Waals surface area (Å²) in [6.45, 7) is 0. The number of nitrogens with zero attached hydrogens (tertiary/aromatic N) is 1. The molecule has 1 atom stereocenters. The summed E-state index contributed by atoms with van der Waals surface area (Å²) in [4.78, 5) is 20.0. The van der Waals surface area contributed by atoms with Gasteiger partial charge in [-0.3, -0.25) is 9.69 Å². The van der Waals surface area contributed by atoms with Gasteiger partial charge in [-0.1, -0.05) is 97.1 Å². The molecule has 0 fully saturated rings. The lowest BCUT2D eigenvalue weighted by atomic mass is 9.84. The Morgan fingerprint density at radius 1 is 0.629 bits per heavy atom. The second-order valence-corrected chi connectivity index (χ2v) is 9.00. The average molecular weight is 451 g/mol. The molecule has 1 unspecified atom stereocenters. The van der Waals surface area contributed by atoms with E-state index < -0.39 is 0 Å². The molecule has 166 valence electrons. The van der Waals surface area contributed by atoms with E-state index in [0.717, 1.165) is 44.1 Å². The number of anilines is 1. The second-order valence-electron chi connectivity index (χ2n) is 9.00. The number of H-pyrrole nitrogens is 1. The smallest absolute Gasteiger partial charge is 0.259 e. The van der Waals surface area contributed by atoms with Crippen LogP contribution in [0.15, 0.2) is 121 Å². The van der Waals surface area contributed by atoms with Crippen molar-refractivity contribution in [1.29, 1.82) is 0 Å². The number of carbonyl (C=O) groups is 1. The maximum Gasteiger partial charge on any atom is 0.259 e. The molecule has 3 nitrogen and oxygen atoms in total. The quantitative estimate of drug-likeness (QED) is 0.288. The minimum absolute atomic E-state index is 0.000894. The SMILES string of the molecule is O=C(c1cccc2ccccc12)N1c2ccccc2-c2ccccc2C1c1c[nH]c2ccccc12. The van der Waals surface area contributed by atoms with Gasteiger partial charge in [-0.25, -0.2) is 0 Å². The monoisotopic (exact) mass is 450 g/mol. The molecule has 0 saturated heterocycles. The van der Waals surface area contributed by atoms with Crippen LogP contribution in [0.2, 0.25) is 0 Å². The normalized spacial score (nSPS) is 14.6. The summed E-state index contributed by atoms with van der Waals surface area (Å²) >= 11 is 0. The number of benzene rings is 5. The molecular weight excluding hydrogens is 428 g/mol. The molecule has 0 saturated carbocycles. The summed E-state index contributed by atoms with van der Waals surface area (Å²) in [6, 6.07) is 38.8. The highest BCUT2D eigenvalue weighted by Gasteiger charge is 2.37. The first kappa shape index (κ1) is 19.8. The van der Waals surface area contributed by atoms with E-state index in [9.17, 15) is 4.79 Å². The highest BCUT2D eigenvalue weighted by Crippen LogP contribution is 2.49. The zero-order chi connectivity index (χ0) is 23.4. The van der Waals surface area contributed by atoms with Crippen molar-refractivity contribution >= 4 is 33.3 Å². The van der Waals surface area contributed by atoms with Crippen LogP contribution in [0.4, 0.5) is 5.69 Å². The van der Waals surface area contributed by atoms with Crippen LogP contribution < -0.4 is 4.90 Å². The number of nitrogens with one attached hydrogen (secondary N) is 1. The number of fused-ring (bicyclic) bond motifs is 5. The van der Waals surface area contributed by atoms with E-state index in [-0.39, 0.29) is 11.9 Å². The van der Waals surface area contributed by atoms with Crippen molar-refractivity contribution in [2.75, 3.05) is 4.90 Å². The summed E-state index contributed by atoms with van der Waals surface area (Å²) in [5.74, 6) is -0.000894. The van der Waals surface area contributed by atoms with Crippen LogP contribution in [0.5, 0.6) is 0 Å². The topological polar surface area (TPSA) is 36.1 Å². The molecule has 2 heterocycles. The molecule has 1 aliphatic rings. The van der Waals surface area contributed by atoms with E-state index >= 15 is 0 Å². The Hall–Kier alpha value is -4.63. The van der Waals surface area contributed by atoms with Crippen molar-refractivity contribution in [3.05, 3.63) is 138 Å². The van der Waals surface area contributed by atoms with Crippen molar-refractivity contribution < 1.29 is 4.79 Å². The molecule has 0 bridgehead atoms. The minimum atomic E-state index is -0.260. The van der Waals surface area contributed by atoms with Gasteiger partial charge in [-0.05, 0) is 40.1 Å². The summed E-state index contributed by atoms with van der Waals surface area (Å²) in [6.07, 6.45) is 2.06. The molecule has 7 rings (SSSR count). The molecule has 3 heteroatoms. The summed E-state index contributed by atoms with van der Waals surface area (Å²) < 4.78 is 0. The fourth-order valence-corrected chi connectivity index (χ4v) is 5.57. The largest absolute Gasteiger partial charge is 0.361 e. The molecule has 35 heavy (non-hydrogen) atoms. The van der Waals surface area contributed by atoms with Crippen LogP contribution >= 0.6 is 0 Å². The molecule has 1 N–H and O–H groups in total. The number of aromatic amines is 1. The van der Waals surface area contributed by atoms with Gasteiger partial charge in [0, 0.05) is 33.8 Å². The van der Waals surface area contributed by atoms with E-state index in [1.807, 2.05) is 53.4 Å². The zero-order valence-corrected chi connectivity index (χ0v) is 19.0. The Bertz CT molecular complexity index is 1740. The Balaban J connectivity index is 1.53. The number of aromatic nitrogens is 1. The van der Waals surface area contributed by atoms with Crippen LogP contribution in [0.3, 0.4) is 0 Å². The lowest BCUT2D eigenvalue weighted by Gasteiger charge is -2.39. The van der Waals surface area contributed by atoms with Gasteiger partial charge < -0.3 is 4.98 Å². The van der Waals surface area contributed by atoms with Gasteiger partial charge in [-0.15, -0.1) is 0 Å². The van der Waals surface area contributed by atoms with Crippen molar-refractivity contribution in [2.24, 2.45) is 0 Å². The Labute approximate surface area is 203 Å². The third-order valence-corrected chi connectivity index (χ3v) is 7.12. The van der Waals surface area contributed by atoms with Gasteiger partial charge in [-0.2, -0.15) is 0 Å². The molecule has 5 aromatic carbocycles. The average Bonchev–Trinajstić information content (AvgIpc) is 3.35. The van der Waals surface area contributed by atoms with Gasteiger partial charge in [0.1, 0.15) is 0 Å². The van der Waals surface area contributed by atoms with Crippen molar-refractivity contribution in [3.8, 4) is 11.1 Å². The lowest BCUT2D eigenvalue weighted by Crippen LogP contribution is -2.38. The molecule has 0 aliphatic carbocycles. The van der Waals surface area contributed by atoms with Gasteiger partial charge in [0.15, 0.2) is 0 Å². The highest BCUT2D eigenvalue weighted by molar-refractivity contribution is 6.17. The van der Waals surface area contributed by atoms with Crippen LogP contribution in [0, 0.1) is 0 Å². The number of amides is 1. The van der Waals surface area contributed by atoms with Crippen LogP contribution in [-0.4, -0.2) is 10.9 Å². The molecule has 1 aromatic heterocycles. The van der Waals surface area contributed by atoms with Gasteiger partial charge in [0.05, 0.1) is 11.7 Å². The molecule has 1 aliphatic heterocycles. The van der Waals surface area contributed by atoms with Crippen molar-refractivity contribution in [3.63, 3.8) is 0 Å². The summed E-state index contributed by atoms with van der Waals surface area (Å²) in [7, 11) is 0. The Morgan fingerprint density at radius 3 is 2.23 bits per heavy atom. The third kappa shape index (κ3) is 2.95. The molecule has 0 radical (unpaired) electrons. The standard InChI is InChI=1S/C32H22N2O/c35-32(27-17-9-11-21-10-1-2-12-22(21)27)34-30-19-8-6-15-25(30)23-13-3-4-16-26(23)31(34)28-20-33-29-18-7-5-14-24(28)29/h1-20,31,33H. The fourth-order valence-electron chi connectivity index (χ4n) is 5.57. The zero-order valence-electron chi connectivity index (χ0n) is 19.0. The van der Waals surface area contributed by atoms with E-state index in [2.05, 4.69) is 77.9 Å². The first-order valence-electron chi connectivity index (χ1n) is 11.9. The van der Waals surface area contributed by atoms with Crippen LogP contribution in [0.1, 0.15) is 27.5 Å². The molecule has 0 spiro atoms. The van der Waals surface area contributed by atoms with E-state index in [0.29, 0.717) is 5.56 Å². The van der Waals surface area contributed by atoms with Crippen LogP contribution in [0.25, 0.3) is 32.8 Å². The van der Waals surface area contributed by atoms with Gasteiger partial charge >= 0.3 is 0 Å². The number of para-hydroxylation sites is 2. The predicted octanol–water partition coefficient (Wildman–Crippen LogP) is 7.74. The fraction of sp³-hybridized carbons (Fsp3) is 0.0312.